The van der Waals surface area contributed by atoms with Crippen LogP contribution in [0.3, 0.4) is 0 Å². The van der Waals surface area contributed by atoms with E-state index in [0.29, 0.717) is 17.8 Å². The van der Waals surface area contributed by atoms with Crippen LogP contribution in [0.1, 0.15) is 36.8 Å². The summed E-state index contributed by atoms with van der Waals surface area (Å²) in [5.41, 5.74) is 6.62. The quantitative estimate of drug-likeness (QED) is 0.820. The molecule has 0 bridgehead atoms. The van der Waals surface area contributed by atoms with Gasteiger partial charge in [-0.15, -0.1) is 0 Å². The SMILES string of the molecule is COC1CCCCC1(O)c1cc(C)cnc1N. The minimum Gasteiger partial charge on any atom is -0.383 e. The molecule has 1 aromatic heterocycles. The van der Waals surface area contributed by atoms with Crippen LogP contribution in [0.15, 0.2) is 12.3 Å². The van der Waals surface area contributed by atoms with Gasteiger partial charge >= 0.3 is 0 Å². The number of methoxy groups -OCH3 is 1. The number of hydrogen-bond donors (Lipinski definition) is 2. The van der Waals surface area contributed by atoms with Crippen LogP contribution in [0.5, 0.6) is 0 Å². The number of nitrogens with two attached hydrogens (primary N) is 1. The fraction of sp³-hybridized carbons (Fsp3) is 0.615. The van der Waals surface area contributed by atoms with Crippen LogP contribution in [-0.2, 0) is 10.3 Å². The van der Waals surface area contributed by atoms with Crippen LogP contribution in [-0.4, -0.2) is 23.3 Å². The second kappa shape index (κ2) is 4.63. The van der Waals surface area contributed by atoms with Gasteiger partial charge in [0.15, 0.2) is 0 Å². The Morgan fingerprint density at radius 2 is 2.29 bits per heavy atom. The van der Waals surface area contributed by atoms with Crippen LogP contribution in [0.2, 0.25) is 0 Å². The van der Waals surface area contributed by atoms with Crippen molar-refractivity contribution in [3.63, 3.8) is 0 Å². The third-order valence-corrected chi connectivity index (χ3v) is 3.61. The van der Waals surface area contributed by atoms with Gasteiger partial charge in [-0.2, -0.15) is 0 Å². The molecule has 3 N–H and O–H groups in total. The Hall–Kier alpha value is -1.13. The van der Waals surface area contributed by atoms with Gasteiger partial charge in [-0.1, -0.05) is 12.8 Å². The molecule has 1 aromatic rings. The monoisotopic (exact) mass is 236 g/mol. The molecular weight excluding hydrogens is 216 g/mol. The number of aliphatic hydroxyl groups is 1. The number of aryl methyl sites for hydroxylation is 1. The number of hydrogen-bond acceptors (Lipinski definition) is 4. The molecule has 4 nitrogen and oxygen atoms in total. The number of ether oxygens (including phenoxy) is 1. The van der Waals surface area contributed by atoms with E-state index < -0.39 is 5.60 Å². The minimum absolute atomic E-state index is 0.192. The van der Waals surface area contributed by atoms with Crippen molar-refractivity contribution in [3.8, 4) is 0 Å². The van der Waals surface area contributed by atoms with Crippen molar-refractivity contribution in [2.45, 2.75) is 44.3 Å². The van der Waals surface area contributed by atoms with Gasteiger partial charge in [-0.25, -0.2) is 4.98 Å². The van der Waals surface area contributed by atoms with Crippen LogP contribution < -0.4 is 5.73 Å². The standard InChI is InChI=1S/C13H20N2O2/c1-9-7-10(12(14)15-8-9)13(16)6-4-3-5-11(13)17-2/h7-8,11,16H,3-6H2,1-2H3,(H2,14,15). The van der Waals surface area contributed by atoms with Crippen LogP contribution in [0.25, 0.3) is 0 Å². The summed E-state index contributed by atoms with van der Waals surface area (Å²) in [5, 5.41) is 10.9. The van der Waals surface area contributed by atoms with Gasteiger partial charge in [0, 0.05) is 18.9 Å². The Morgan fingerprint density at radius 1 is 1.53 bits per heavy atom. The fourth-order valence-corrected chi connectivity index (χ4v) is 2.67. The largest absolute Gasteiger partial charge is 0.383 e. The molecule has 2 atom stereocenters. The van der Waals surface area contributed by atoms with Crippen molar-refractivity contribution in [2.24, 2.45) is 0 Å². The van der Waals surface area contributed by atoms with Crippen molar-refractivity contribution < 1.29 is 9.84 Å². The van der Waals surface area contributed by atoms with Crippen molar-refractivity contribution >= 4 is 5.82 Å². The highest BCUT2D eigenvalue weighted by molar-refractivity contribution is 5.45. The molecule has 1 fully saturated rings. The van der Waals surface area contributed by atoms with E-state index in [4.69, 9.17) is 10.5 Å². The summed E-state index contributed by atoms with van der Waals surface area (Å²) in [6, 6.07) is 1.92. The maximum atomic E-state index is 10.9. The first-order valence-electron chi connectivity index (χ1n) is 6.05. The molecule has 0 amide bonds. The number of nitrogens with zero attached hydrogens (tertiary/aromatic N) is 1. The van der Waals surface area contributed by atoms with Crippen molar-refractivity contribution in [3.05, 3.63) is 23.4 Å². The Morgan fingerprint density at radius 3 is 3.00 bits per heavy atom. The molecule has 0 aliphatic heterocycles. The number of pyridine rings is 1. The van der Waals surface area contributed by atoms with Gasteiger partial charge in [0.2, 0.25) is 0 Å². The first-order chi connectivity index (χ1) is 8.08. The smallest absolute Gasteiger partial charge is 0.129 e. The topological polar surface area (TPSA) is 68.4 Å². The number of aromatic nitrogens is 1. The van der Waals surface area contributed by atoms with E-state index in [2.05, 4.69) is 4.98 Å². The average molecular weight is 236 g/mol. The normalized spacial score (nSPS) is 29.2. The summed E-state index contributed by atoms with van der Waals surface area (Å²) in [5.74, 6) is 0.405. The molecule has 2 rings (SSSR count). The van der Waals surface area contributed by atoms with E-state index >= 15 is 0 Å². The van der Waals surface area contributed by atoms with Crippen LogP contribution in [0.4, 0.5) is 5.82 Å². The van der Waals surface area contributed by atoms with Gasteiger partial charge in [0.25, 0.3) is 0 Å². The van der Waals surface area contributed by atoms with E-state index in [1.54, 1.807) is 13.3 Å². The number of anilines is 1. The van der Waals surface area contributed by atoms with Gasteiger partial charge in [-0.3, -0.25) is 0 Å². The Labute approximate surface area is 102 Å². The third kappa shape index (κ3) is 2.15. The lowest BCUT2D eigenvalue weighted by atomic mass is 9.77. The molecule has 0 saturated heterocycles. The Balaban J connectivity index is 2.44. The minimum atomic E-state index is -0.990. The molecule has 2 unspecified atom stereocenters. The lowest BCUT2D eigenvalue weighted by Crippen LogP contribution is -2.44. The molecule has 4 heteroatoms. The average Bonchev–Trinajstić information content (AvgIpc) is 2.33. The van der Waals surface area contributed by atoms with E-state index in [0.717, 1.165) is 24.8 Å². The molecule has 1 heterocycles. The van der Waals surface area contributed by atoms with E-state index in [-0.39, 0.29) is 6.10 Å². The molecule has 17 heavy (non-hydrogen) atoms. The highest BCUT2D eigenvalue weighted by Crippen LogP contribution is 2.40. The summed E-state index contributed by atoms with van der Waals surface area (Å²) in [6.07, 6.45) is 5.14. The summed E-state index contributed by atoms with van der Waals surface area (Å²) in [7, 11) is 1.64. The second-order valence-electron chi connectivity index (χ2n) is 4.84. The summed E-state index contributed by atoms with van der Waals surface area (Å²) < 4.78 is 5.42. The number of nitrogen functional groups attached to an aromatic ring is 1. The zero-order chi connectivity index (χ0) is 12.5. The molecule has 1 saturated carbocycles. The maximum absolute atomic E-state index is 10.9. The first kappa shape index (κ1) is 12.3. The summed E-state index contributed by atoms with van der Waals surface area (Å²) in [4.78, 5) is 4.13. The molecule has 0 radical (unpaired) electrons. The lowest BCUT2D eigenvalue weighted by Gasteiger charge is -2.39. The lowest BCUT2D eigenvalue weighted by molar-refractivity contribution is -0.122. The molecule has 1 aliphatic rings. The third-order valence-electron chi connectivity index (χ3n) is 3.61. The molecule has 94 valence electrons. The molecule has 0 aromatic carbocycles. The van der Waals surface area contributed by atoms with Crippen molar-refractivity contribution in [1.82, 2.24) is 4.98 Å². The maximum Gasteiger partial charge on any atom is 0.129 e. The van der Waals surface area contributed by atoms with E-state index in [1.807, 2.05) is 13.0 Å². The van der Waals surface area contributed by atoms with E-state index in [1.165, 1.54) is 0 Å². The fourth-order valence-electron chi connectivity index (χ4n) is 2.67. The van der Waals surface area contributed by atoms with Crippen LogP contribution in [0, 0.1) is 6.92 Å². The van der Waals surface area contributed by atoms with Gasteiger partial charge in [-0.05, 0) is 31.4 Å². The predicted molar refractivity (Wildman–Crippen MR) is 66.5 cm³/mol. The first-order valence-corrected chi connectivity index (χ1v) is 6.05. The van der Waals surface area contributed by atoms with Crippen molar-refractivity contribution in [1.29, 1.82) is 0 Å². The summed E-state index contributed by atoms with van der Waals surface area (Å²) >= 11 is 0. The molecular formula is C13H20N2O2. The molecule has 1 aliphatic carbocycles. The zero-order valence-corrected chi connectivity index (χ0v) is 10.4. The second-order valence-corrected chi connectivity index (χ2v) is 4.84. The zero-order valence-electron chi connectivity index (χ0n) is 10.4. The summed E-state index contributed by atoms with van der Waals surface area (Å²) in [6.45, 7) is 1.95. The van der Waals surface area contributed by atoms with Crippen molar-refractivity contribution in [2.75, 3.05) is 12.8 Å². The predicted octanol–water partition coefficient (Wildman–Crippen LogP) is 1.75. The Kier molecular flexibility index (Phi) is 3.35. The Bertz CT molecular complexity index is 408. The highest BCUT2D eigenvalue weighted by Gasteiger charge is 2.42. The molecule has 0 spiro atoms. The van der Waals surface area contributed by atoms with E-state index in [9.17, 15) is 5.11 Å². The highest BCUT2D eigenvalue weighted by atomic mass is 16.5. The number of rotatable bonds is 2. The van der Waals surface area contributed by atoms with Gasteiger partial charge < -0.3 is 15.6 Å². The van der Waals surface area contributed by atoms with Crippen LogP contribution >= 0.6 is 0 Å². The van der Waals surface area contributed by atoms with Gasteiger partial charge in [0.1, 0.15) is 11.4 Å². The van der Waals surface area contributed by atoms with Gasteiger partial charge in [0.05, 0.1) is 6.10 Å².